The number of aliphatic hydroxyl groups is 1. The van der Waals surface area contributed by atoms with Crippen molar-refractivity contribution in [2.45, 2.75) is 45.2 Å². The summed E-state index contributed by atoms with van der Waals surface area (Å²) in [6.45, 7) is 2.99. The van der Waals surface area contributed by atoms with Crippen molar-refractivity contribution in [3.05, 3.63) is 30.0 Å². The van der Waals surface area contributed by atoms with Gasteiger partial charge in [0, 0.05) is 16.8 Å². The van der Waals surface area contributed by atoms with E-state index in [2.05, 4.69) is 20.4 Å². The number of H-pyrrole nitrogens is 1. The molecule has 1 aromatic heterocycles. The molecule has 0 unspecified atom stereocenters. The number of methoxy groups -OCH3 is 2. The summed E-state index contributed by atoms with van der Waals surface area (Å²) in [5.74, 6) is -2.55. The summed E-state index contributed by atoms with van der Waals surface area (Å²) in [7, 11) is 2.63. The van der Waals surface area contributed by atoms with E-state index in [0.717, 1.165) is 12.2 Å². The lowest BCUT2D eigenvalue weighted by Crippen LogP contribution is -2.53. The van der Waals surface area contributed by atoms with Gasteiger partial charge in [0.25, 0.3) is 11.8 Å². The molecule has 1 saturated heterocycles. The Hall–Kier alpha value is -4.13. The molecule has 13 heteroatoms. The van der Waals surface area contributed by atoms with Crippen LogP contribution in [0.15, 0.2) is 24.3 Å². The molecule has 2 aromatic rings. The van der Waals surface area contributed by atoms with Crippen LogP contribution in [-0.2, 0) is 24.0 Å². The fourth-order valence-corrected chi connectivity index (χ4v) is 4.45. The van der Waals surface area contributed by atoms with Gasteiger partial charge in [-0.1, -0.05) is 19.9 Å². The van der Waals surface area contributed by atoms with E-state index >= 15 is 0 Å². The molecule has 3 atom stereocenters. The van der Waals surface area contributed by atoms with E-state index in [1.54, 1.807) is 24.3 Å². The third-order valence-corrected chi connectivity index (χ3v) is 6.43. The maximum absolute atomic E-state index is 13.3. The topological polar surface area (TPSA) is 176 Å². The maximum Gasteiger partial charge on any atom is 0.533 e. The highest BCUT2D eigenvalue weighted by atomic mass is 16.8. The molecular weight excluding hydrogens is 512 g/mol. The van der Waals surface area contributed by atoms with Crippen LogP contribution >= 0.6 is 0 Å². The molecule has 212 valence electrons. The van der Waals surface area contributed by atoms with E-state index in [9.17, 15) is 29.1 Å². The average Bonchev–Trinajstić information content (AvgIpc) is 3.50. The number of hydrogen-bond acceptors (Lipinski definition) is 9. The largest absolute Gasteiger partial charge is 0.533 e. The summed E-state index contributed by atoms with van der Waals surface area (Å²) in [6, 6.07) is 4.76. The molecular formula is C26H34N4O9. The number of fused-ring (bicyclic) bond motifs is 1. The van der Waals surface area contributed by atoms with E-state index in [-0.39, 0.29) is 37.4 Å². The standard InChI is InChI=1S/C26H34N4O9/c1-14(2)10-19(29-24(34)20-12-16-17(27-20)6-5-7-22(16)37-3)23(33)28-18(21(32)13-31)11-15-8-9-30(25(15)35)39-26(36)38-4/h5-7,12,14-15,18-19,27,31H,8-11,13H2,1-4H3,(H,28,33)(H,29,34)/t15-,18-,19-/m0/s1. The molecule has 0 saturated carbocycles. The van der Waals surface area contributed by atoms with Gasteiger partial charge in [0.1, 0.15) is 24.1 Å². The fraction of sp³-hybridized carbons (Fsp3) is 0.500. The van der Waals surface area contributed by atoms with Crippen LogP contribution in [0, 0.1) is 11.8 Å². The van der Waals surface area contributed by atoms with Crippen LogP contribution < -0.4 is 15.4 Å². The molecule has 0 aliphatic carbocycles. The Kier molecular flexibility index (Phi) is 9.88. The number of carbonyl (C=O) groups is 5. The fourth-order valence-electron chi connectivity index (χ4n) is 4.45. The molecule has 0 spiro atoms. The molecule has 4 N–H and O–H groups in total. The monoisotopic (exact) mass is 546 g/mol. The predicted octanol–water partition coefficient (Wildman–Crippen LogP) is 1.30. The van der Waals surface area contributed by atoms with Gasteiger partial charge in [-0.3, -0.25) is 19.2 Å². The first-order valence-electron chi connectivity index (χ1n) is 12.6. The average molecular weight is 547 g/mol. The van der Waals surface area contributed by atoms with Crippen molar-refractivity contribution < 1.29 is 43.4 Å². The predicted molar refractivity (Wildman–Crippen MR) is 138 cm³/mol. The molecule has 2 heterocycles. The van der Waals surface area contributed by atoms with Crippen molar-refractivity contribution in [1.82, 2.24) is 20.7 Å². The molecule has 1 fully saturated rings. The number of aromatic nitrogens is 1. The quantitative estimate of drug-likeness (QED) is 0.286. The van der Waals surface area contributed by atoms with E-state index in [1.807, 2.05) is 13.8 Å². The van der Waals surface area contributed by atoms with E-state index < -0.39 is 54.3 Å². The van der Waals surface area contributed by atoms with E-state index in [0.29, 0.717) is 16.7 Å². The third-order valence-electron chi connectivity index (χ3n) is 6.43. The first-order valence-corrected chi connectivity index (χ1v) is 12.6. The number of Topliss-reactive ketones (excluding diaryl/α,β-unsaturated/α-hetero) is 1. The first-order chi connectivity index (χ1) is 18.6. The molecule has 13 nitrogen and oxygen atoms in total. The number of rotatable bonds is 12. The maximum atomic E-state index is 13.3. The van der Waals surface area contributed by atoms with Gasteiger partial charge in [-0.2, -0.15) is 5.06 Å². The highest BCUT2D eigenvalue weighted by molar-refractivity contribution is 6.02. The zero-order chi connectivity index (χ0) is 28.7. The summed E-state index contributed by atoms with van der Waals surface area (Å²) in [5.41, 5.74) is 0.908. The van der Waals surface area contributed by atoms with Crippen molar-refractivity contribution in [2.75, 3.05) is 27.4 Å². The lowest BCUT2D eigenvalue weighted by atomic mass is 9.95. The highest BCUT2D eigenvalue weighted by Crippen LogP contribution is 2.26. The Labute approximate surface area is 225 Å². The summed E-state index contributed by atoms with van der Waals surface area (Å²) in [5, 5.41) is 16.3. The van der Waals surface area contributed by atoms with E-state index in [1.165, 1.54) is 7.11 Å². The minimum atomic E-state index is -1.20. The van der Waals surface area contributed by atoms with Crippen LogP contribution in [0.4, 0.5) is 4.79 Å². The van der Waals surface area contributed by atoms with Gasteiger partial charge in [0.2, 0.25) is 5.91 Å². The van der Waals surface area contributed by atoms with Gasteiger partial charge >= 0.3 is 6.16 Å². The number of aromatic amines is 1. The number of nitrogens with zero attached hydrogens (tertiary/aromatic N) is 1. The number of ether oxygens (including phenoxy) is 2. The van der Waals surface area contributed by atoms with Crippen LogP contribution in [0.2, 0.25) is 0 Å². The Morgan fingerprint density at radius 1 is 1.15 bits per heavy atom. The molecule has 1 aliphatic heterocycles. The van der Waals surface area contributed by atoms with Crippen LogP contribution in [0.5, 0.6) is 5.75 Å². The second-order valence-electron chi connectivity index (χ2n) is 9.65. The van der Waals surface area contributed by atoms with Crippen LogP contribution in [0.25, 0.3) is 10.9 Å². The van der Waals surface area contributed by atoms with Gasteiger partial charge in [-0.25, -0.2) is 4.79 Å². The minimum absolute atomic E-state index is 0.0105. The number of carbonyl (C=O) groups excluding carboxylic acids is 5. The molecule has 0 radical (unpaired) electrons. The van der Waals surface area contributed by atoms with Crippen molar-refractivity contribution in [3.8, 4) is 5.75 Å². The number of nitrogens with one attached hydrogen (secondary N) is 3. The van der Waals surface area contributed by atoms with Crippen LogP contribution in [0.3, 0.4) is 0 Å². The van der Waals surface area contributed by atoms with Gasteiger partial charge in [-0.05, 0) is 43.4 Å². The van der Waals surface area contributed by atoms with Crippen molar-refractivity contribution in [2.24, 2.45) is 11.8 Å². The Morgan fingerprint density at radius 2 is 1.90 bits per heavy atom. The van der Waals surface area contributed by atoms with Crippen molar-refractivity contribution >= 4 is 40.6 Å². The summed E-state index contributed by atoms with van der Waals surface area (Å²) < 4.78 is 9.73. The lowest BCUT2D eigenvalue weighted by molar-refractivity contribution is -0.166. The molecule has 1 aliphatic rings. The third kappa shape index (κ3) is 7.25. The second-order valence-corrected chi connectivity index (χ2v) is 9.65. The first kappa shape index (κ1) is 29.4. The summed E-state index contributed by atoms with van der Waals surface area (Å²) in [6.07, 6.45) is -0.642. The SMILES string of the molecule is COC(=O)ON1CC[C@@H](C[C@H](NC(=O)[C@H](CC(C)C)NC(=O)c2cc3c(OC)cccc3[nH]2)C(=O)CO)C1=O. The highest BCUT2D eigenvalue weighted by Gasteiger charge is 2.38. The number of ketones is 1. The second kappa shape index (κ2) is 13.1. The Balaban J connectivity index is 1.73. The number of hydrogen-bond donors (Lipinski definition) is 4. The van der Waals surface area contributed by atoms with E-state index in [4.69, 9.17) is 9.57 Å². The summed E-state index contributed by atoms with van der Waals surface area (Å²) in [4.78, 5) is 70.7. The molecule has 1 aromatic carbocycles. The Bertz CT molecular complexity index is 1230. The summed E-state index contributed by atoms with van der Waals surface area (Å²) >= 11 is 0. The number of benzene rings is 1. The van der Waals surface area contributed by atoms with Crippen molar-refractivity contribution in [1.29, 1.82) is 0 Å². The van der Waals surface area contributed by atoms with Gasteiger partial charge in [-0.15, -0.1) is 0 Å². The van der Waals surface area contributed by atoms with Gasteiger partial charge < -0.3 is 35.0 Å². The normalized spacial score (nSPS) is 16.6. The molecule has 0 bridgehead atoms. The zero-order valence-electron chi connectivity index (χ0n) is 22.3. The van der Waals surface area contributed by atoms with Crippen molar-refractivity contribution in [3.63, 3.8) is 0 Å². The Morgan fingerprint density at radius 3 is 2.54 bits per heavy atom. The smallest absolute Gasteiger partial charge is 0.496 e. The lowest BCUT2D eigenvalue weighted by Gasteiger charge is -2.24. The zero-order valence-corrected chi connectivity index (χ0v) is 22.3. The minimum Gasteiger partial charge on any atom is -0.496 e. The van der Waals surface area contributed by atoms with Gasteiger partial charge in [0.05, 0.1) is 26.8 Å². The van der Waals surface area contributed by atoms with Gasteiger partial charge in [0.15, 0.2) is 5.78 Å². The van der Waals surface area contributed by atoms with Crippen LogP contribution in [-0.4, -0.2) is 84.3 Å². The van der Waals surface area contributed by atoms with Crippen LogP contribution in [0.1, 0.15) is 43.6 Å². The molecule has 39 heavy (non-hydrogen) atoms. The molecule has 3 amide bonds. The number of aliphatic hydroxyl groups excluding tert-OH is 1. The number of amides is 3. The number of hydroxylamine groups is 2. The molecule has 3 rings (SSSR count).